The standard InChI is InChI=1S/C69H84N7O23P3S/c1-7-39-92-57-43-63(97-58(57)45-96-101(85,86)99-102(87,88)98-100(82,83)84)75-44-49(66(80)73-67(75)81)24-22-37-71-62(78)46-95-64(93-40-8-2)47-94-51-27-20-23-48(41-51)65(79)72-36-18-11-17-35-70-61(77)32-14-10-19-38-74-55-34-33-52(103(89,90)91)42-54(55)69(5,6)59(74)30-21-31-60-68(3,4)53-28-15-16-29-56(53)76(60)50-25-12-9-13-26-50/h7-9,12-13,15-16,20-21,23,25-31,33-34,41-42,44,57-58,63-64H,1-2,10-11,14,17-19,32,35-40,43,45-47H2,3-6H3,(H8-,70,71,72,73,77,78,79,80,81,82,83,84,85,86,87,88,89,90,91)/p+1/t57-,58-,63-,64?/m1/s1. The Morgan fingerprint density at radius 2 is 1.52 bits per heavy atom. The number of hydrogen-bond donors (Lipinski definition) is 9. The van der Waals surface area contributed by atoms with Gasteiger partial charge in [-0.15, -0.1) is 13.2 Å². The Morgan fingerprint density at radius 3 is 2.25 bits per heavy atom. The molecule has 3 aliphatic heterocycles. The maximum atomic E-state index is 13.2. The summed E-state index contributed by atoms with van der Waals surface area (Å²) in [4.78, 5) is 106. The molecule has 4 heterocycles. The molecule has 5 aromatic rings. The molecule has 9 N–H and O–H groups in total. The molecule has 6 atom stereocenters. The highest BCUT2D eigenvalue weighted by molar-refractivity contribution is 7.85. The highest BCUT2D eigenvalue weighted by Crippen LogP contribution is 2.66. The fourth-order valence-electron chi connectivity index (χ4n) is 11.8. The lowest BCUT2D eigenvalue weighted by molar-refractivity contribution is -0.438. The number of phosphoric acid groups is 3. The Morgan fingerprint density at radius 1 is 0.806 bits per heavy atom. The van der Waals surface area contributed by atoms with Gasteiger partial charge in [0.05, 0.1) is 42.8 Å². The van der Waals surface area contributed by atoms with E-state index in [9.17, 15) is 60.4 Å². The van der Waals surface area contributed by atoms with Crippen LogP contribution in [-0.2, 0) is 76.3 Å². The fraction of sp³-hybridized carbons (Fsp3) is 0.391. The van der Waals surface area contributed by atoms with E-state index in [1.54, 1.807) is 30.3 Å². The quantitative estimate of drug-likeness (QED) is 0.00341. The van der Waals surface area contributed by atoms with Crippen LogP contribution in [0.4, 0.5) is 17.1 Å². The summed E-state index contributed by atoms with van der Waals surface area (Å²) in [5.41, 5.74) is 4.36. The first kappa shape index (κ1) is 80.6. The molecule has 3 aliphatic rings. The summed E-state index contributed by atoms with van der Waals surface area (Å²) < 4.78 is 114. The molecule has 30 nitrogen and oxygen atoms in total. The Labute approximate surface area is 595 Å². The first-order valence-electron chi connectivity index (χ1n) is 32.8. The van der Waals surface area contributed by atoms with Gasteiger partial charge in [0.1, 0.15) is 43.4 Å². The molecule has 1 saturated heterocycles. The normalized spacial score (nSPS) is 18.6. The first-order valence-corrected chi connectivity index (χ1v) is 38.8. The van der Waals surface area contributed by atoms with Gasteiger partial charge in [0.15, 0.2) is 12.0 Å². The third kappa shape index (κ3) is 22.7. The van der Waals surface area contributed by atoms with E-state index in [0.29, 0.717) is 56.6 Å². The van der Waals surface area contributed by atoms with Crippen LogP contribution in [0.5, 0.6) is 5.75 Å². The highest BCUT2D eigenvalue weighted by Gasteiger charge is 2.47. The zero-order valence-electron chi connectivity index (χ0n) is 57.1. The van der Waals surface area contributed by atoms with Gasteiger partial charge in [-0.1, -0.05) is 86.4 Å². The van der Waals surface area contributed by atoms with Gasteiger partial charge in [0.25, 0.3) is 21.6 Å². The third-order valence-electron chi connectivity index (χ3n) is 16.7. The molecule has 8 rings (SSSR count). The van der Waals surface area contributed by atoms with Crippen LogP contribution < -0.4 is 36.8 Å². The molecule has 3 unspecified atom stereocenters. The van der Waals surface area contributed by atoms with E-state index in [1.807, 2.05) is 38.1 Å². The van der Waals surface area contributed by atoms with Crippen molar-refractivity contribution in [2.45, 2.75) is 120 Å². The number of anilines is 2. The van der Waals surface area contributed by atoms with E-state index >= 15 is 0 Å². The van der Waals surface area contributed by atoms with Crippen LogP contribution in [0.15, 0.2) is 167 Å². The molecule has 0 aliphatic carbocycles. The molecule has 3 amide bonds. The van der Waals surface area contributed by atoms with Gasteiger partial charge >= 0.3 is 29.2 Å². The molecule has 34 heteroatoms. The summed E-state index contributed by atoms with van der Waals surface area (Å²) in [6, 6.07) is 29.8. The van der Waals surface area contributed by atoms with Crippen molar-refractivity contribution in [3.05, 3.63) is 196 Å². The molecule has 0 bridgehead atoms. The molecular formula is C69H85N7O23P3S+. The summed E-state index contributed by atoms with van der Waals surface area (Å²) in [7, 11) is -21.5. The van der Waals surface area contributed by atoms with Crippen molar-refractivity contribution >= 4 is 74.1 Å². The van der Waals surface area contributed by atoms with Gasteiger partial charge in [0.2, 0.25) is 17.5 Å². The van der Waals surface area contributed by atoms with Crippen LogP contribution in [0.2, 0.25) is 0 Å². The van der Waals surface area contributed by atoms with Gasteiger partial charge in [-0.05, 0) is 106 Å². The van der Waals surface area contributed by atoms with Crippen molar-refractivity contribution < 1.29 is 102 Å². The number of rotatable bonds is 38. The van der Waals surface area contributed by atoms with Gasteiger partial charge in [0, 0.05) is 84.3 Å². The topological polar surface area (TPSA) is 409 Å². The minimum atomic E-state index is -5.82. The zero-order chi connectivity index (χ0) is 74.8. The predicted octanol–water partition coefficient (Wildman–Crippen LogP) is 8.30. The molecule has 1 aromatic heterocycles. The monoisotopic (exact) mass is 1500 g/mol. The van der Waals surface area contributed by atoms with Crippen molar-refractivity contribution in [3.63, 3.8) is 0 Å². The number of phosphoric ester groups is 1. The Hall–Kier alpha value is -8.08. The lowest BCUT2D eigenvalue weighted by Gasteiger charge is -2.27. The summed E-state index contributed by atoms with van der Waals surface area (Å²) in [6.07, 6.45) is 10.1. The van der Waals surface area contributed by atoms with Crippen LogP contribution >= 0.6 is 23.5 Å². The second-order valence-corrected chi connectivity index (χ2v) is 30.8. The summed E-state index contributed by atoms with van der Waals surface area (Å²) in [6.45, 7) is 15.2. The molecule has 103 heavy (non-hydrogen) atoms. The summed E-state index contributed by atoms with van der Waals surface area (Å²) in [5.74, 6) is 4.42. The Bertz CT molecular complexity index is 4470. The Kier molecular flexibility index (Phi) is 28.2. The van der Waals surface area contributed by atoms with E-state index < -0.39 is 94.1 Å². The van der Waals surface area contributed by atoms with Crippen molar-refractivity contribution in [3.8, 4) is 17.6 Å². The lowest BCUT2D eigenvalue weighted by atomic mass is 9.81. The maximum Gasteiger partial charge on any atom is 0.490 e. The average molecular weight is 1510 g/mol. The number of H-pyrrole nitrogens is 1. The number of amides is 3. The summed E-state index contributed by atoms with van der Waals surface area (Å²) >= 11 is 0. The van der Waals surface area contributed by atoms with E-state index in [4.69, 9.17) is 38.0 Å². The van der Waals surface area contributed by atoms with Crippen molar-refractivity contribution in [2.24, 2.45) is 0 Å². The molecule has 0 radical (unpaired) electrons. The average Bonchev–Trinajstić information content (AvgIpc) is 1.59. The van der Waals surface area contributed by atoms with Gasteiger partial charge in [-0.2, -0.15) is 21.6 Å². The van der Waals surface area contributed by atoms with Crippen molar-refractivity contribution in [1.82, 2.24) is 25.5 Å². The lowest BCUT2D eigenvalue weighted by Crippen LogP contribution is -2.34. The molecular weight excluding hydrogens is 1420 g/mol. The molecule has 554 valence electrons. The number of benzene rings is 4. The minimum Gasteiger partial charge on any atom is -0.488 e. The second kappa shape index (κ2) is 36.1. The molecule has 4 aromatic carbocycles. The number of nitrogens with zero attached hydrogens (tertiary/aromatic N) is 3. The van der Waals surface area contributed by atoms with E-state index in [0.717, 1.165) is 64.1 Å². The van der Waals surface area contributed by atoms with Crippen molar-refractivity contribution in [1.29, 1.82) is 0 Å². The number of para-hydroxylation sites is 2. The summed E-state index contributed by atoms with van der Waals surface area (Å²) in [5, 5.41) is 8.41. The number of fused-ring (bicyclic) bond motifs is 2. The number of aromatic nitrogens is 2. The van der Waals surface area contributed by atoms with Crippen LogP contribution in [0.1, 0.15) is 112 Å². The van der Waals surface area contributed by atoms with Crippen LogP contribution in [0, 0.1) is 11.8 Å². The Balaban J connectivity index is 0.738. The van der Waals surface area contributed by atoms with Gasteiger partial charge < -0.3 is 64.1 Å². The number of carbonyl (C=O) groups excluding carboxylic acids is 3. The van der Waals surface area contributed by atoms with Crippen LogP contribution in [-0.4, -0.2) is 148 Å². The van der Waals surface area contributed by atoms with E-state index in [2.05, 4.69) is 126 Å². The third-order valence-corrected chi connectivity index (χ3v) is 21.4. The van der Waals surface area contributed by atoms with Crippen molar-refractivity contribution in [2.75, 3.05) is 64.1 Å². The van der Waals surface area contributed by atoms with Gasteiger partial charge in [-0.25, -0.2) is 18.5 Å². The van der Waals surface area contributed by atoms with Crippen LogP contribution in [0.3, 0.4) is 0 Å². The molecule has 1 fully saturated rings. The number of aromatic amines is 1. The second-order valence-electron chi connectivity index (χ2n) is 24.9. The molecule has 0 spiro atoms. The number of allylic oxidation sites excluding steroid dienone is 4. The van der Waals surface area contributed by atoms with Gasteiger partial charge in [-0.3, -0.25) is 37.8 Å². The van der Waals surface area contributed by atoms with E-state index in [-0.39, 0.29) is 60.5 Å². The number of ether oxygens (including phenoxy) is 5. The van der Waals surface area contributed by atoms with E-state index in [1.165, 1.54) is 29.8 Å². The molecule has 0 saturated carbocycles. The maximum absolute atomic E-state index is 13.2. The number of hydrogen-bond acceptors (Lipinski definition) is 19. The SMILES string of the molecule is C=CCOC(COc1cccc(C(=O)NCCCCCNC(=O)CCCCC[N+]2=C(/C=C/C=C3/N(c4ccccc4)c4ccccc4C3(C)C)C(C)(C)c3cc(S(=O)(=O)O)ccc32)c1)OCC(=O)NCC#Cc1cn([C@H]2C[C@@H](OCC=C)[C@@H](COP(=O)(O)OP(=O)(O)OP(=O)(O)O)O2)c(=O)[nH]c1=O. The predicted molar refractivity (Wildman–Crippen MR) is 379 cm³/mol. The number of nitrogens with one attached hydrogen (secondary N) is 4. The highest BCUT2D eigenvalue weighted by atomic mass is 32.2. The number of unbranched alkanes of at least 4 members (excludes halogenated alkanes) is 4. The largest absolute Gasteiger partial charge is 0.490 e. The smallest absolute Gasteiger partial charge is 0.488 e. The zero-order valence-corrected chi connectivity index (χ0v) is 60.6. The minimum absolute atomic E-state index is 0.0273. The number of carbonyl (C=O) groups is 3. The fourth-order valence-corrected chi connectivity index (χ4v) is 15.3. The first-order chi connectivity index (χ1) is 48.8. The van der Waals surface area contributed by atoms with Crippen LogP contribution in [0.25, 0.3) is 0 Å².